The summed E-state index contributed by atoms with van der Waals surface area (Å²) in [6.07, 6.45) is 2.60. The molecule has 0 bridgehead atoms. The standard InChI is InChI=1S/C17H28N2/c1-4-19(5-2)13-14(3)18-17-11-16(12-17)15-9-7-6-8-10-15/h6-10,14,16-18H,4-5,11-13H2,1-3H3. The van der Waals surface area contributed by atoms with E-state index in [1.54, 1.807) is 0 Å². The van der Waals surface area contributed by atoms with Crippen molar-refractivity contribution >= 4 is 0 Å². The van der Waals surface area contributed by atoms with Crippen molar-refractivity contribution < 1.29 is 0 Å². The molecule has 1 aromatic carbocycles. The van der Waals surface area contributed by atoms with E-state index in [9.17, 15) is 0 Å². The molecule has 2 heteroatoms. The first-order valence-electron chi connectivity index (χ1n) is 7.76. The van der Waals surface area contributed by atoms with Crippen LogP contribution in [-0.2, 0) is 0 Å². The Morgan fingerprint density at radius 1 is 1.16 bits per heavy atom. The van der Waals surface area contributed by atoms with Crippen LogP contribution in [0.25, 0.3) is 0 Å². The predicted octanol–water partition coefficient (Wildman–Crippen LogP) is 3.25. The minimum absolute atomic E-state index is 0.599. The van der Waals surface area contributed by atoms with Crippen molar-refractivity contribution in [2.45, 2.75) is 51.6 Å². The lowest BCUT2D eigenvalue weighted by Crippen LogP contribution is -2.48. The van der Waals surface area contributed by atoms with Crippen LogP contribution in [0.5, 0.6) is 0 Å². The fourth-order valence-electron chi connectivity index (χ4n) is 3.08. The summed E-state index contributed by atoms with van der Waals surface area (Å²) < 4.78 is 0. The molecule has 106 valence electrons. The summed E-state index contributed by atoms with van der Waals surface area (Å²) in [5, 5.41) is 3.77. The van der Waals surface area contributed by atoms with E-state index < -0.39 is 0 Å². The first-order chi connectivity index (χ1) is 9.22. The van der Waals surface area contributed by atoms with Crippen LogP contribution >= 0.6 is 0 Å². The van der Waals surface area contributed by atoms with E-state index in [2.05, 4.69) is 61.3 Å². The lowest BCUT2D eigenvalue weighted by Gasteiger charge is -2.39. The first-order valence-corrected chi connectivity index (χ1v) is 7.76. The van der Waals surface area contributed by atoms with Crippen LogP contribution in [0.3, 0.4) is 0 Å². The summed E-state index contributed by atoms with van der Waals surface area (Å²) in [6.45, 7) is 10.3. The molecule has 1 N–H and O–H groups in total. The van der Waals surface area contributed by atoms with Gasteiger partial charge >= 0.3 is 0 Å². The van der Waals surface area contributed by atoms with E-state index in [-0.39, 0.29) is 0 Å². The number of benzene rings is 1. The summed E-state index contributed by atoms with van der Waals surface area (Å²) in [4.78, 5) is 2.49. The fourth-order valence-corrected chi connectivity index (χ4v) is 3.08. The van der Waals surface area contributed by atoms with E-state index in [0.29, 0.717) is 6.04 Å². The van der Waals surface area contributed by atoms with Crippen LogP contribution in [0.4, 0.5) is 0 Å². The third kappa shape index (κ3) is 4.05. The molecule has 0 spiro atoms. The SMILES string of the molecule is CCN(CC)CC(C)NC1CC(c2ccccc2)C1. The van der Waals surface area contributed by atoms with Gasteiger partial charge in [-0.15, -0.1) is 0 Å². The minimum Gasteiger partial charge on any atom is -0.310 e. The Hall–Kier alpha value is -0.860. The Bertz CT molecular complexity index is 353. The van der Waals surface area contributed by atoms with Gasteiger partial charge in [0.05, 0.1) is 0 Å². The third-order valence-electron chi connectivity index (χ3n) is 4.36. The van der Waals surface area contributed by atoms with Crippen molar-refractivity contribution in [3.63, 3.8) is 0 Å². The van der Waals surface area contributed by atoms with Crippen LogP contribution in [0.2, 0.25) is 0 Å². The highest BCUT2D eigenvalue weighted by molar-refractivity contribution is 5.22. The fraction of sp³-hybridized carbons (Fsp3) is 0.647. The van der Waals surface area contributed by atoms with Crippen LogP contribution < -0.4 is 5.32 Å². The van der Waals surface area contributed by atoms with Crippen molar-refractivity contribution in [2.24, 2.45) is 0 Å². The number of rotatable bonds is 7. The zero-order valence-electron chi connectivity index (χ0n) is 12.6. The van der Waals surface area contributed by atoms with Gasteiger partial charge in [0.1, 0.15) is 0 Å². The van der Waals surface area contributed by atoms with Crippen LogP contribution in [0.15, 0.2) is 30.3 Å². The number of likely N-dealkylation sites (N-methyl/N-ethyl adjacent to an activating group) is 1. The highest BCUT2D eigenvalue weighted by atomic mass is 15.1. The van der Waals surface area contributed by atoms with E-state index in [1.807, 2.05) is 0 Å². The molecule has 2 rings (SSSR count). The largest absolute Gasteiger partial charge is 0.310 e. The molecule has 1 saturated carbocycles. The summed E-state index contributed by atoms with van der Waals surface area (Å²) in [7, 11) is 0. The number of nitrogens with zero attached hydrogens (tertiary/aromatic N) is 1. The number of hydrogen-bond donors (Lipinski definition) is 1. The summed E-state index contributed by atoms with van der Waals surface area (Å²) in [5.41, 5.74) is 1.51. The predicted molar refractivity (Wildman–Crippen MR) is 82.6 cm³/mol. The zero-order valence-corrected chi connectivity index (χ0v) is 12.6. The van der Waals surface area contributed by atoms with Gasteiger partial charge in [-0.3, -0.25) is 0 Å². The summed E-state index contributed by atoms with van der Waals surface area (Å²) in [5.74, 6) is 0.777. The van der Waals surface area contributed by atoms with Crippen molar-refractivity contribution in [1.29, 1.82) is 0 Å². The second kappa shape index (κ2) is 7.06. The van der Waals surface area contributed by atoms with Gasteiger partial charge < -0.3 is 10.2 Å². The average Bonchev–Trinajstić information content (AvgIpc) is 2.40. The molecule has 2 nitrogen and oxygen atoms in total. The minimum atomic E-state index is 0.599. The molecular formula is C17H28N2. The molecule has 0 radical (unpaired) electrons. The second-order valence-electron chi connectivity index (χ2n) is 5.83. The Kier molecular flexibility index (Phi) is 5.41. The molecule has 1 aliphatic rings. The lowest BCUT2D eigenvalue weighted by atomic mass is 9.75. The summed E-state index contributed by atoms with van der Waals surface area (Å²) in [6, 6.07) is 12.3. The van der Waals surface area contributed by atoms with E-state index >= 15 is 0 Å². The molecule has 0 heterocycles. The molecular weight excluding hydrogens is 232 g/mol. The maximum Gasteiger partial charge on any atom is 0.0169 e. The molecule has 1 aromatic rings. The molecule has 0 aliphatic heterocycles. The van der Waals surface area contributed by atoms with E-state index in [4.69, 9.17) is 0 Å². The molecule has 0 saturated heterocycles. The molecule has 0 amide bonds. The van der Waals surface area contributed by atoms with Gasteiger partial charge in [0.15, 0.2) is 0 Å². The van der Waals surface area contributed by atoms with Crippen LogP contribution in [-0.4, -0.2) is 36.6 Å². The highest BCUT2D eigenvalue weighted by Gasteiger charge is 2.30. The lowest BCUT2D eigenvalue weighted by molar-refractivity contribution is 0.221. The van der Waals surface area contributed by atoms with Gasteiger partial charge in [0.25, 0.3) is 0 Å². The van der Waals surface area contributed by atoms with Gasteiger partial charge in [-0.05, 0) is 44.3 Å². The van der Waals surface area contributed by atoms with Crippen molar-refractivity contribution in [3.8, 4) is 0 Å². The van der Waals surface area contributed by atoms with Crippen LogP contribution in [0, 0.1) is 0 Å². The third-order valence-corrected chi connectivity index (χ3v) is 4.36. The number of nitrogens with one attached hydrogen (secondary N) is 1. The molecule has 1 atom stereocenters. The van der Waals surface area contributed by atoms with Crippen molar-refractivity contribution in [2.75, 3.05) is 19.6 Å². The molecule has 1 unspecified atom stereocenters. The molecule has 19 heavy (non-hydrogen) atoms. The monoisotopic (exact) mass is 260 g/mol. The zero-order chi connectivity index (χ0) is 13.7. The molecule has 1 aliphatic carbocycles. The van der Waals surface area contributed by atoms with Gasteiger partial charge in [-0.1, -0.05) is 44.2 Å². The Labute approximate surface area is 118 Å². The smallest absolute Gasteiger partial charge is 0.0169 e. The quantitative estimate of drug-likeness (QED) is 0.809. The molecule has 0 aromatic heterocycles. The maximum atomic E-state index is 3.77. The molecule has 1 fully saturated rings. The topological polar surface area (TPSA) is 15.3 Å². The number of hydrogen-bond acceptors (Lipinski definition) is 2. The van der Waals surface area contributed by atoms with Crippen molar-refractivity contribution in [1.82, 2.24) is 10.2 Å². The Balaban J connectivity index is 1.70. The van der Waals surface area contributed by atoms with E-state index in [0.717, 1.165) is 25.0 Å². The van der Waals surface area contributed by atoms with Gasteiger partial charge in [0.2, 0.25) is 0 Å². The van der Waals surface area contributed by atoms with Gasteiger partial charge in [-0.2, -0.15) is 0 Å². The second-order valence-corrected chi connectivity index (χ2v) is 5.83. The average molecular weight is 260 g/mol. The van der Waals surface area contributed by atoms with Crippen molar-refractivity contribution in [3.05, 3.63) is 35.9 Å². The van der Waals surface area contributed by atoms with Gasteiger partial charge in [0, 0.05) is 18.6 Å². The van der Waals surface area contributed by atoms with E-state index in [1.165, 1.54) is 24.9 Å². The Morgan fingerprint density at radius 2 is 1.79 bits per heavy atom. The first kappa shape index (κ1) is 14.5. The normalized spacial score (nSPS) is 24.2. The van der Waals surface area contributed by atoms with Crippen LogP contribution in [0.1, 0.15) is 45.1 Å². The summed E-state index contributed by atoms with van der Waals surface area (Å²) >= 11 is 0. The Morgan fingerprint density at radius 3 is 2.37 bits per heavy atom. The highest BCUT2D eigenvalue weighted by Crippen LogP contribution is 2.36. The maximum absolute atomic E-state index is 3.77. The van der Waals surface area contributed by atoms with Gasteiger partial charge in [-0.25, -0.2) is 0 Å².